The minimum atomic E-state index is -1.23. The zero-order valence-corrected chi connectivity index (χ0v) is 21.1. The van der Waals surface area contributed by atoms with Crippen LogP contribution < -0.4 is 5.32 Å². The number of carboxylic acid groups (broad SMARTS) is 1. The minimum Gasteiger partial charge on any atom is -0.478 e. The topological polar surface area (TPSA) is 133 Å². The first kappa shape index (κ1) is 26.3. The van der Waals surface area contributed by atoms with Crippen molar-refractivity contribution in [2.75, 3.05) is 20.1 Å². The van der Waals surface area contributed by atoms with E-state index in [1.165, 1.54) is 30.0 Å². The number of likely N-dealkylation sites (N-methyl/N-ethyl adjacent to an activating group) is 1. The van der Waals surface area contributed by atoms with Gasteiger partial charge in [-0.15, -0.1) is 0 Å². The molecular formula is C28H28N4O6. The summed E-state index contributed by atoms with van der Waals surface area (Å²) in [5, 5.41) is 25.9. The first-order valence-electron chi connectivity index (χ1n) is 12.1. The van der Waals surface area contributed by atoms with Gasteiger partial charge in [0.2, 0.25) is 5.91 Å². The third-order valence-electron chi connectivity index (χ3n) is 6.71. The third-order valence-corrected chi connectivity index (χ3v) is 6.71. The molecule has 0 bridgehead atoms. The summed E-state index contributed by atoms with van der Waals surface area (Å²) >= 11 is 0. The molecule has 1 unspecified atom stereocenters. The molecule has 2 N–H and O–H groups in total. The number of allylic oxidation sites excluding steroid dienone is 1. The normalized spacial score (nSPS) is 15.4. The van der Waals surface area contributed by atoms with Crippen LogP contribution in [-0.2, 0) is 16.0 Å². The number of urea groups is 1. The average Bonchev–Trinajstić information content (AvgIpc) is 2.89. The van der Waals surface area contributed by atoms with E-state index in [1.54, 1.807) is 18.0 Å². The number of nitrogens with one attached hydrogen (secondary N) is 1. The molecule has 3 aromatic rings. The Bertz CT molecular complexity index is 1440. The van der Waals surface area contributed by atoms with E-state index < -0.39 is 23.0 Å². The summed E-state index contributed by atoms with van der Waals surface area (Å²) in [5.74, 6) is -1.31. The Morgan fingerprint density at radius 3 is 2.55 bits per heavy atom. The molecule has 1 aliphatic rings. The number of carbonyl (C=O) groups excluding carboxylic acids is 2. The molecule has 1 atom stereocenters. The first-order chi connectivity index (χ1) is 18.2. The molecule has 0 saturated carbocycles. The van der Waals surface area contributed by atoms with Gasteiger partial charge in [0.05, 0.1) is 23.0 Å². The van der Waals surface area contributed by atoms with Gasteiger partial charge in [-0.05, 0) is 35.2 Å². The van der Waals surface area contributed by atoms with Crippen molar-refractivity contribution >= 4 is 34.4 Å². The fraction of sp³-hybridized carbons (Fsp3) is 0.250. The number of rotatable bonds is 9. The van der Waals surface area contributed by atoms with Crippen molar-refractivity contribution in [1.82, 2.24) is 15.1 Å². The van der Waals surface area contributed by atoms with Crippen molar-refractivity contribution in [2.24, 2.45) is 0 Å². The fourth-order valence-corrected chi connectivity index (χ4v) is 4.79. The second-order valence-corrected chi connectivity index (χ2v) is 9.21. The Labute approximate surface area is 219 Å². The number of hydrogen-bond acceptors (Lipinski definition) is 5. The predicted octanol–water partition coefficient (Wildman–Crippen LogP) is 4.26. The number of fused-ring (bicyclic) bond motifs is 1. The van der Waals surface area contributed by atoms with Crippen molar-refractivity contribution < 1.29 is 24.4 Å². The maximum absolute atomic E-state index is 13.0. The lowest BCUT2D eigenvalue weighted by atomic mass is 9.93. The van der Waals surface area contributed by atoms with E-state index >= 15 is 0 Å². The highest BCUT2D eigenvalue weighted by atomic mass is 16.6. The lowest BCUT2D eigenvalue weighted by molar-refractivity contribution is -0.384. The smallest absolute Gasteiger partial charge is 0.335 e. The molecule has 0 saturated heterocycles. The maximum atomic E-state index is 13.0. The van der Waals surface area contributed by atoms with E-state index in [9.17, 15) is 29.6 Å². The predicted molar refractivity (Wildman–Crippen MR) is 141 cm³/mol. The molecule has 0 radical (unpaired) electrons. The van der Waals surface area contributed by atoms with Crippen LogP contribution in [0.1, 0.15) is 30.5 Å². The van der Waals surface area contributed by atoms with Crippen LogP contribution in [0.25, 0.3) is 10.8 Å². The molecule has 10 nitrogen and oxygen atoms in total. The van der Waals surface area contributed by atoms with Crippen molar-refractivity contribution in [2.45, 2.75) is 25.8 Å². The van der Waals surface area contributed by atoms with Crippen LogP contribution in [-0.4, -0.2) is 57.9 Å². The van der Waals surface area contributed by atoms with Crippen LogP contribution in [0.5, 0.6) is 0 Å². The zero-order valence-electron chi connectivity index (χ0n) is 21.1. The van der Waals surface area contributed by atoms with Gasteiger partial charge in [0, 0.05) is 38.0 Å². The second kappa shape index (κ2) is 11.1. The molecule has 3 aromatic carbocycles. The van der Waals surface area contributed by atoms with Gasteiger partial charge in [-0.1, -0.05) is 54.6 Å². The number of nitro benzene ring substituents is 1. The van der Waals surface area contributed by atoms with Gasteiger partial charge in [0.1, 0.15) is 0 Å². The van der Waals surface area contributed by atoms with Gasteiger partial charge in [-0.25, -0.2) is 9.59 Å². The van der Waals surface area contributed by atoms with E-state index in [1.807, 2.05) is 42.5 Å². The molecule has 4 rings (SSSR count). The van der Waals surface area contributed by atoms with Gasteiger partial charge < -0.3 is 20.2 Å². The summed E-state index contributed by atoms with van der Waals surface area (Å²) in [4.78, 5) is 51.7. The largest absolute Gasteiger partial charge is 0.478 e. The molecule has 196 valence electrons. The molecule has 3 amide bonds. The lowest BCUT2D eigenvalue weighted by Crippen LogP contribution is -2.49. The van der Waals surface area contributed by atoms with Gasteiger partial charge >= 0.3 is 12.0 Å². The van der Waals surface area contributed by atoms with Gasteiger partial charge in [0.25, 0.3) is 5.69 Å². The van der Waals surface area contributed by atoms with Crippen LogP contribution in [0.4, 0.5) is 10.5 Å². The summed E-state index contributed by atoms with van der Waals surface area (Å²) in [6.45, 7) is 1.96. The van der Waals surface area contributed by atoms with Crippen molar-refractivity contribution in [3.63, 3.8) is 0 Å². The maximum Gasteiger partial charge on any atom is 0.335 e. The highest BCUT2D eigenvalue weighted by Crippen LogP contribution is 2.35. The van der Waals surface area contributed by atoms with Gasteiger partial charge in [-0.2, -0.15) is 0 Å². The number of nitrogens with zero attached hydrogens (tertiary/aromatic N) is 3. The van der Waals surface area contributed by atoms with Gasteiger partial charge in [0.15, 0.2) is 0 Å². The number of benzene rings is 3. The highest BCUT2D eigenvalue weighted by Gasteiger charge is 2.38. The molecule has 0 aliphatic carbocycles. The number of nitro groups is 1. The van der Waals surface area contributed by atoms with E-state index in [4.69, 9.17) is 0 Å². The molecule has 0 spiro atoms. The standard InChI is InChI=1S/C28H28N4O6/c1-18-25(27(34)35)26(21-11-6-12-22(16-21)32(37)38)31(28(36)29-18)15-7-14-30(2)24(33)17-20-10-5-9-19-8-3-4-13-23(19)20/h3-6,8-13,16,26H,7,14-15,17H2,1-2H3,(H,29,36)(H,34,35). The van der Waals surface area contributed by atoms with E-state index in [2.05, 4.69) is 5.32 Å². The van der Waals surface area contributed by atoms with E-state index in [-0.39, 0.29) is 35.8 Å². The van der Waals surface area contributed by atoms with Crippen molar-refractivity contribution in [3.05, 3.63) is 99.2 Å². The zero-order chi connectivity index (χ0) is 27.4. The monoisotopic (exact) mass is 516 g/mol. The van der Waals surface area contributed by atoms with Crippen LogP contribution in [0, 0.1) is 10.1 Å². The van der Waals surface area contributed by atoms with E-state index in [0.29, 0.717) is 18.5 Å². The molecule has 0 fully saturated rings. The molecule has 10 heteroatoms. The quantitative estimate of drug-likeness (QED) is 0.322. The Balaban J connectivity index is 1.49. The summed E-state index contributed by atoms with van der Waals surface area (Å²) in [6.07, 6.45) is 0.603. The average molecular weight is 517 g/mol. The SMILES string of the molecule is CC1=C(C(=O)O)C(c2cccc([N+](=O)[O-])c2)N(CCCN(C)C(=O)Cc2cccc3ccccc23)C(=O)N1. The van der Waals surface area contributed by atoms with E-state index in [0.717, 1.165) is 16.3 Å². The molecule has 1 heterocycles. The van der Waals surface area contributed by atoms with Crippen molar-refractivity contribution in [1.29, 1.82) is 0 Å². The number of hydrogen-bond donors (Lipinski definition) is 2. The Hall–Kier alpha value is -4.73. The second-order valence-electron chi connectivity index (χ2n) is 9.21. The van der Waals surface area contributed by atoms with Gasteiger partial charge in [-0.3, -0.25) is 14.9 Å². The van der Waals surface area contributed by atoms with Crippen molar-refractivity contribution in [3.8, 4) is 0 Å². The number of aliphatic carboxylic acids is 1. The number of amides is 3. The number of non-ortho nitro benzene ring substituents is 1. The first-order valence-corrected chi connectivity index (χ1v) is 12.1. The summed E-state index contributed by atoms with van der Waals surface area (Å²) in [6, 6.07) is 17.8. The number of carboxylic acids is 1. The Morgan fingerprint density at radius 1 is 1.11 bits per heavy atom. The summed E-state index contributed by atoms with van der Waals surface area (Å²) < 4.78 is 0. The summed E-state index contributed by atoms with van der Waals surface area (Å²) in [7, 11) is 1.69. The Morgan fingerprint density at radius 2 is 1.82 bits per heavy atom. The molecular weight excluding hydrogens is 488 g/mol. The van der Waals surface area contributed by atoms with Crippen LogP contribution in [0.2, 0.25) is 0 Å². The highest BCUT2D eigenvalue weighted by molar-refractivity contribution is 5.94. The fourth-order valence-electron chi connectivity index (χ4n) is 4.79. The lowest BCUT2D eigenvalue weighted by Gasteiger charge is -2.37. The molecule has 1 aliphatic heterocycles. The molecule has 38 heavy (non-hydrogen) atoms. The molecule has 0 aromatic heterocycles. The van der Waals surface area contributed by atoms with Crippen LogP contribution in [0.15, 0.2) is 78.0 Å². The number of carbonyl (C=O) groups is 3. The minimum absolute atomic E-state index is 0.0644. The van der Waals surface area contributed by atoms with Crippen LogP contribution >= 0.6 is 0 Å². The summed E-state index contributed by atoms with van der Waals surface area (Å²) in [5.41, 5.74) is 1.16. The van der Waals surface area contributed by atoms with Crippen LogP contribution in [0.3, 0.4) is 0 Å². The Kier molecular flexibility index (Phi) is 7.71. The third kappa shape index (κ3) is 5.49.